The van der Waals surface area contributed by atoms with Crippen LogP contribution in [0.5, 0.6) is 0 Å². The lowest BCUT2D eigenvalue weighted by Crippen LogP contribution is -2.46. The first-order valence-corrected chi connectivity index (χ1v) is 12.8. The first-order chi connectivity index (χ1) is 17.8. The molecule has 0 unspecified atom stereocenters. The van der Waals surface area contributed by atoms with Crippen LogP contribution in [0.1, 0.15) is 42.8 Å². The van der Waals surface area contributed by atoms with E-state index in [1.165, 1.54) is 5.56 Å². The number of carbonyl (C=O) groups excluding carboxylic acids is 1. The number of carbonyl (C=O) groups is 1. The Morgan fingerprint density at radius 3 is 2.62 bits per heavy atom. The molecule has 0 radical (unpaired) electrons. The molecule has 0 spiro atoms. The van der Waals surface area contributed by atoms with Gasteiger partial charge in [0.05, 0.1) is 23.5 Å². The van der Waals surface area contributed by atoms with Gasteiger partial charge in [0.1, 0.15) is 0 Å². The van der Waals surface area contributed by atoms with Crippen molar-refractivity contribution in [2.45, 2.75) is 46.0 Å². The van der Waals surface area contributed by atoms with E-state index >= 15 is 0 Å². The third-order valence-electron chi connectivity index (χ3n) is 8.20. The van der Waals surface area contributed by atoms with E-state index in [0.29, 0.717) is 5.82 Å². The average Bonchev–Trinajstić information content (AvgIpc) is 2.89. The molecule has 0 amide bonds. The van der Waals surface area contributed by atoms with Crippen LogP contribution in [0.3, 0.4) is 0 Å². The minimum Gasteiger partial charge on any atom is -0.308 e. The molecule has 2 aromatic heterocycles. The number of hydrogen-bond acceptors (Lipinski definition) is 4. The van der Waals surface area contributed by atoms with E-state index in [4.69, 9.17) is 21.5 Å². The van der Waals surface area contributed by atoms with Crippen LogP contribution in [0, 0.1) is 32.3 Å². The SMILES string of the molecule is [C-]#[N+]C1=C[C@@]2(C)c3nc(-c4cc(C)nc5ccccc45)nc(-c4cccc(C)c4)c3CC[C@@H]2[C@@H](C)C1=O. The van der Waals surface area contributed by atoms with Gasteiger partial charge >= 0.3 is 0 Å². The number of benzene rings is 2. The van der Waals surface area contributed by atoms with Crippen LogP contribution in [0.4, 0.5) is 0 Å². The number of ketones is 1. The van der Waals surface area contributed by atoms with Crippen molar-refractivity contribution in [2.24, 2.45) is 11.8 Å². The lowest BCUT2D eigenvalue weighted by atomic mass is 9.58. The number of rotatable bonds is 2. The number of para-hydroxylation sites is 1. The fourth-order valence-electron chi connectivity index (χ4n) is 6.39. The van der Waals surface area contributed by atoms with Gasteiger partial charge in [-0.3, -0.25) is 4.98 Å². The Bertz CT molecular complexity index is 1680. The summed E-state index contributed by atoms with van der Waals surface area (Å²) in [5.74, 6) is 0.463. The third-order valence-corrected chi connectivity index (χ3v) is 8.20. The van der Waals surface area contributed by atoms with Gasteiger partial charge in [0, 0.05) is 39.1 Å². The van der Waals surface area contributed by atoms with Crippen LogP contribution >= 0.6 is 0 Å². The molecule has 0 fully saturated rings. The Balaban J connectivity index is 1.70. The van der Waals surface area contributed by atoms with Crippen molar-refractivity contribution >= 4 is 16.7 Å². The molecule has 3 atom stereocenters. The van der Waals surface area contributed by atoms with E-state index < -0.39 is 5.41 Å². The van der Waals surface area contributed by atoms with E-state index in [1.807, 2.05) is 38.1 Å². The van der Waals surface area contributed by atoms with Crippen molar-refractivity contribution in [1.29, 1.82) is 0 Å². The monoisotopic (exact) mass is 484 g/mol. The van der Waals surface area contributed by atoms with Crippen molar-refractivity contribution in [3.05, 3.63) is 100 Å². The molecule has 6 rings (SSSR count). The van der Waals surface area contributed by atoms with Gasteiger partial charge in [-0.25, -0.2) is 14.8 Å². The van der Waals surface area contributed by atoms with Gasteiger partial charge in [-0.1, -0.05) is 61.9 Å². The van der Waals surface area contributed by atoms with E-state index in [0.717, 1.165) is 57.5 Å². The molecule has 5 heteroatoms. The van der Waals surface area contributed by atoms with Crippen molar-refractivity contribution in [1.82, 2.24) is 15.0 Å². The van der Waals surface area contributed by atoms with E-state index in [-0.39, 0.29) is 23.3 Å². The quantitative estimate of drug-likeness (QED) is 0.293. The highest BCUT2D eigenvalue weighted by atomic mass is 16.1. The molecule has 2 aliphatic carbocycles. The highest BCUT2D eigenvalue weighted by Crippen LogP contribution is 2.51. The summed E-state index contributed by atoms with van der Waals surface area (Å²) in [5, 5.41) is 1.00. The molecule has 0 bridgehead atoms. The van der Waals surface area contributed by atoms with Crippen molar-refractivity contribution in [3.8, 4) is 22.6 Å². The van der Waals surface area contributed by atoms with Crippen LogP contribution in [0.15, 0.2) is 66.4 Å². The third kappa shape index (κ3) is 3.59. The van der Waals surface area contributed by atoms with Gasteiger partial charge in [0.15, 0.2) is 11.6 Å². The fraction of sp³-hybridized carbons (Fsp3) is 0.281. The zero-order valence-electron chi connectivity index (χ0n) is 21.5. The number of fused-ring (bicyclic) bond motifs is 4. The minimum absolute atomic E-state index is 0.0511. The Morgan fingerprint density at radius 1 is 1.03 bits per heavy atom. The van der Waals surface area contributed by atoms with Gasteiger partial charge in [-0.2, -0.15) is 0 Å². The van der Waals surface area contributed by atoms with Gasteiger partial charge in [0.25, 0.3) is 0 Å². The Morgan fingerprint density at radius 2 is 1.84 bits per heavy atom. The molecule has 0 aliphatic heterocycles. The molecular weight excluding hydrogens is 456 g/mol. The molecule has 37 heavy (non-hydrogen) atoms. The summed E-state index contributed by atoms with van der Waals surface area (Å²) in [4.78, 5) is 31.8. The maximum absolute atomic E-state index is 12.9. The Kier molecular flexibility index (Phi) is 5.31. The first kappa shape index (κ1) is 23.2. The number of aryl methyl sites for hydroxylation is 2. The van der Waals surface area contributed by atoms with Gasteiger partial charge in [-0.05, 0) is 50.8 Å². The molecule has 5 nitrogen and oxygen atoms in total. The highest BCUT2D eigenvalue weighted by molar-refractivity contribution is 6.00. The maximum atomic E-state index is 12.9. The summed E-state index contributed by atoms with van der Waals surface area (Å²) in [5.41, 5.74) is 7.67. The fourth-order valence-corrected chi connectivity index (χ4v) is 6.39. The van der Waals surface area contributed by atoms with Gasteiger partial charge in [0.2, 0.25) is 5.70 Å². The van der Waals surface area contributed by atoms with Crippen molar-refractivity contribution in [3.63, 3.8) is 0 Å². The summed E-state index contributed by atoms with van der Waals surface area (Å²) < 4.78 is 0. The first-order valence-electron chi connectivity index (χ1n) is 12.8. The predicted octanol–water partition coefficient (Wildman–Crippen LogP) is 6.82. The lowest BCUT2D eigenvalue weighted by molar-refractivity contribution is -0.121. The lowest BCUT2D eigenvalue weighted by Gasteiger charge is -2.46. The normalized spacial score (nSPS) is 22.7. The van der Waals surface area contributed by atoms with E-state index in [9.17, 15) is 4.79 Å². The summed E-state index contributed by atoms with van der Waals surface area (Å²) in [6.45, 7) is 15.9. The van der Waals surface area contributed by atoms with Crippen molar-refractivity contribution < 1.29 is 4.79 Å². The van der Waals surface area contributed by atoms with Crippen LogP contribution in [0.2, 0.25) is 0 Å². The summed E-state index contributed by atoms with van der Waals surface area (Å²) >= 11 is 0. The number of pyridine rings is 1. The number of hydrogen-bond donors (Lipinski definition) is 0. The molecule has 4 aromatic rings. The second-order valence-electron chi connectivity index (χ2n) is 10.6. The molecular formula is C32H28N4O. The topological polar surface area (TPSA) is 60.1 Å². The van der Waals surface area contributed by atoms with Crippen LogP contribution in [-0.2, 0) is 16.6 Å². The molecule has 0 N–H and O–H groups in total. The van der Waals surface area contributed by atoms with E-state index in [2.05, 4.69) is 55.1 Å². The van der Waals surface area contributed by atoms with Crippen LogP contribution in [-0.4, -0.2) is 20.7 Å². The summed E-state index contributed by atoms with van der Waals surface area (Å²) in [6, 6.07) is 18.6. The minimum atomic E-state index is -0.533. The van der Waals surface area contributed by atoms with E-state index in [1.54, 1.807) is 0 Å². The van der Waals surface area contributed by atoms with Crippen LogP contribution in [0.25, 0.3) is 38.4 Å². The van der Waals surface area contributed by atoms with Crippen LogP contribution < -0.4 is 0 Å². The maximum Gasteiger partial charge on any atom is 0.226 e. The Hall–Kier alpha value is -4.17. The van der Waals surface area contributed by atoms with Gasteiger partial charge < -0.3 is 4.79 Å². The number of Topliss-reactive ketones (excluding diaryl/α,β-unsaturated/α-hetero) is 1. The van der Waals surface area contributed by atoms with Crippen molar-refractivity contribution in [2.75, 3.05) is 0 Å². The zero-order chi connectivity index (χ0) is 25.9. The highest BCUT2D eigenvalue weighted by Gasteiger charge is 2.49. The average molecular weight is 485 g/mol. The van der Waals surface area contributed by atoms with Gasteiger partial charge in [-0.15, -0.1) is 0 Å². The Labute approximate surface area is 217 Å². The molecule has 2 aromatic carbocycles. The number of allylic oxidation sites excluding steroid dienone is 2. The summed E-state index contributed by atoms with van der Waals surface area (Å²) in [6.07, 6.45) is 3.54. The molecule has 2 heterocycles. The second kappa shape index (κ2) is 8.45. The zero-order valence-corrected chi connectivity index (χ0v) is 21.5. The summed E-state index contributed by atoms with van der Waals surface area (Å²) in [7, 11) is 0. The molecule has 0 saturated carbocycles. The molecule has 182 valence electrons. The second-order valence-corrected chi connectivity index (χ2v) is 10.6. The smallest absolute Gasteiger partial charge is 0.226 e. The molecule has 2 aliphatic rings. The number of aromatic nitrogens is 3. The molecule has 0 saturated heterocycles. The largest absolute Gasteiger partial charge is 0.308 e. The number of nitrogens with zero attached hydrogens (tertiary/aromatic N) is 4. The predicted molar refractivity (Wildman–Crippen MR) is 146 cm³/mol. The standard InChI is InChI=1S/C32H28N4O/c1-18-9-8-10-21(15-18)28-23-13-14-25-20(3)29(37)27(33-5)17-32(25,4)30(23)36-31(35-28)24-16-19(2)34-26-12-7-6-11-22(24)26/h6-12,15-17,20,25H,13-14H2,1-4H3/t20-,25-,32-/m1/s1.